The van der Waals surface area contributed by atoms with Gasteiger partial charge < -0.3 is 15.6 Å². The van der Waals surface area contributed by atoms with E-state index in [1.54, 1.807) is 24.4 Å². The van der Waals surface area contributed by atoms with E-state index in [9.17, 15) is 5.11 Å². The standard InChI is InChI=1S/C16H13ClN2O2S2/c17-16-19-8-13(23-16)9-21-11-3-6-15(14(18)7-11)22-12-4-1-10(20)2-5-12/h1-8,20H,9,18H2. The van der Waals surface area contributed by atoms with Gasteiger partial charge in [0.15, 0.2) is 4.47 Å². The SMILES string of the molecule is Nc1cc(OCc2cnc(Cl)s2)ccc1Sc1ccc(O)cc1. The molecule has 3 aromatic rings. The zero-order valence-electron chi connectivity index (χ0n) is 11.9. The highest BCUT2D eigenvalue weighted by Gasteiger charge is 2.06. The molecule has 0 amide bonds. The highest BCUT2D eigenvalue weighted by atomic mass is 35.5. The molecule has 118 valence electrons. The van der Waals surface area contributed by atoms with Crippen LogP contribution in [0.2, 0.25) is 4.47 Å². The van der Waals surface area contributed by atoms with Crippen molar-refractivity contribution in [3.63, 3.8) is 0 Å². The van der Waals surface area contributed by atoms with Crippen molar-refractivity contribution < 1.29 is 9.84 Å². The lowest BCUT2D eigenvalue weighted by atomic mass is 10.3. The highest BCUT2D eigenvalue weighted by molar-refractivity contribution is 7.99. The number of nitrogen functional groups attached to an aromatic ring is 1. The molecule has 0 aliphatic carbocycles. The van der Waals surface area contributed by atoms with Crippen molar-refractivity contribution in [1.29, 1.82) is 0 Å². The summed E-state index contributed by atoms with van der Waals surface area (Å²) in [5.74, 6) is 0.941. The van der Waals surface area contributed by atoms with E-state index in [-0.39, 0.29) is 5.75 Å². The van der Waals surface area contributed by atoms with Crippen molar-refractivity contribution in [2.24, 2.45) is 0 Å². The summed E-state index contributed by atoms with van der Waals surface area (Å²) < 4.78 is 6.20. The van der Waals surface area contributed by atoms with E-state index in [1.165, 1.54) is 23.1 Å². The molecule has 1 heterocycles. The number of hydrogen-bond acceptors (Lipinski definition) is 6. The molecule has 0 atom stereocenters. The summed E-state index contributed by atoms with van der Waals surface area (Å²) in [6, 6.07) is 12.6. The van der Waals surface area contributed by atoms with Gasteiger partial charge in [0.1, 0.15) is 18.1 Å². The fourth-order valence-corrected chi connectivity index (χ4v) is 3.59. The normalized spacial score (nSPS) is 10.7. The Hall–Kier alpha value is -1.89. The molecule has 0 fully saturated rings. The molecule has 0 aliphatic rings. The van der Waals surface area contributed by atoms with Crippen LogP contribution < -0.4 is 10.5 Å². The number of phenolic OH excluding ortho intramolecular Hbond substituents is 1. The van der Waals surface area contributed by atoms with Crippen LogP contribution in [0.15, 0.2) is 58.5 Å². The number of hydrogen-bond donors (Lipinski definition) is 2. The first-order valence-corrected chi connectivity index (χ1v) is 8.70. The average Bonchev–Trinajstić information content (AvgIpc) is 2.95. The Balaban J connectivity index is 1.66. The molecule has 0 unspecified atom stereocenters. The van der Waals surface area contributed by atoms with E-state index in [4.69, 9.17) is 22.1 Å². The maximum atomic E-state index is 9.31. The Morgan fingerprint density at radius 1 is 1.22 bits per heavy atom. The van der Waals surface area contributed by atoms with Gasteiger partial charge in [0, 0.05) is 27.7 Å². The van der Waals surface area contributed by atoms with E-state index < -0.39 is 0 Å². The van der Waals surface area contributed by atoms with Crippen LogP contribution in [-0.4, -0.2) is 10.1 Å². The Kier molecular flexibility index (Phi) is 4.95. The summed E-state index contributed by atoms with van der Waals surface area (Å²) in [5.41, 5.74) is 6.73. The summed E-state index contributed by atoms with van der Waals surface area (Å²) in [6.45, 7) is 0.411. The minimum absolute atomic E-state index is 0.245. The molecule has 3 rings (SSSR count). The number of phenols is 1. The maximum absolute atomic E-state index is 9.31. The van der Waals surface area contributed by atoms with Gasteiger partial charge in [-0.3, -0.25) is 0 Å². The van der Waals surface area contributed by atoms with Crippen LogP contribution >= 0.6 is 34.7 Å². The van der Waals surface area contributed by atoms with E-state index in [0.717, 1.165) is 14.7 Å². The fraction of sp³-hybridized carbons (Fsp3) is 0.0625. The lowest BCUT2D eigenvalue weighted by Gasteiger charge is -2.09. The molecule has 3 N–H and O–H groups in total. The lowest BCUT2D eigenvalue weighted by Crippen LogP contribution is -1.95. The number of aromatic nitrogens is 1. The van der Waals surface area contributed by atoms with Gasteiger partial charge in [-0.25, -0.2) is 4.98 Å². The van der Waals surface area contributed by atoms with Gasteiger partial charge in [-0.15, -0.1) is 11.3 Å². The maximum Gasteiger partial charge on any atom is 0.183 e. The summed E-state index contributed by atoms with van der Waals surface area (Å²) in [4.78, 5) is 6.86. The van der Waals surface area contributed by atoms with Gasteiger partial charge in [-0.05, 0) is 36.4 Å². The molecule has 0 saturated carbocycles. The van der Waals surface area contributed by atoms with Gasteiger partial charge >= 0.3 is 0 Å². The Bertz CT molecular complexity index is 806. The van der Waals surface area contributed by atoms with Crippen LogP contribution in [0.1, 0.15) is 4.88 Å². The van der Waals surface area contributed by atoms with Gasteiger partial charge in [0.25, 0.3) is 0 Å². The number of anilines is 1. The second-order valence-corrected chi connectivity index (χ2v) is 7.48. The number of nitrogens with two attached hydrogens (primary N) is 1. The van der Waals surface area contributed by atoms with E-state index >= 15 is 0 Å². The molecule has 0 bridgehead atoms. The van der Waals surface area contributed by atoms with Gasteiger partial charge in [0.05, 0.1) is 4.88 Å². The zero-order valence-corrected chi connectivity index (χ0v) is 14.3. The van der Waals surface area contributed by atoms with Gasteiger partial charge in [-0.1, -0.05) is 23.4 Å². The van der Waals surface area contributed by atoms with Crippen LogP contribution in [-0.2, 0) is 6.61 Å². The van der Waals surface area contributed by atoms with Crippen LogP contribution in [0.4, 0.5) is 5.69 Å². The molecule has 23 heavy (non-hydrogen) atoms. The third kappa shape index (κ3) is 4.31. The monoisotopic (exact) mass is 364 g/mol. The lowest BCUT2D eigenvalue weighted by molar-refractivity contribution is 0.309. The highest BCUT2D eigenvalue weighted by Crippen LogP contribution is 2.35. The van der Waals surface area contributed by atoms with Crippen LogP contribution in [0.3, 0.4) is 0 Å². The molecular weight excluding hydrogens is 352 g/mol. The first-order chi connectivity index (χ1) is 11.1. The van der Waals surface area contributed by atoms with Crippen molar-refractivity contribution >= 4 is 40.4 Å². The molecule has 0 saturated heterocycles. The second kappa shape index (κ2) is 7.12. The molecule has 0 radical (unpaired) electrons. The first-order valence-electron chi connectivity index (χ1n) is 6.69. The van der Waals surface area contributed by atoms with Crippen molar-refractivity contribution in [1.82, 2.24) is 4.98 Å². The van der Waals surface area contributed by atoms with E-state index in [0.29, 0.717) is 22.5 Å². The minimum Gasteiger partial charge on any atom is -0.508 e. The van der Waals surface area contributed by atoms with Gasteiger partial charge in [0.2, 0.25) is 0 Å². The number of aromatic hydroxyl groups is 1. The van der Waals surface area contributed by atoms with Crippen molar-refractivity contribution in [2.75, 3.05) is 5.73 Å². The smallest absolute Gasteiger partial charge is 0.183 e. The molecule has 1 aromatic heterocycles. The predicted molar refractivity (Wildman–Crippen MR) is 94.5 cm³/mol. The van der Waals surface area contributed by atoms with E-state index in [1.807, 2.05) is 24.3 Å². The summed E-state index contributed by atoms with van der Waals surface area (Å²) >= 11 is 8.71. The number of benzene rings is 2. The molecular formula is C16H13ClN2O2S2. The van der Waals surface area contributed by atoms with Crippen molar-refractivity contribution in [3.8, 4) is 11.5 Å². The fourth-order valence-electron chi connectivity index (χ4n) is 1.86. The summed E-state index contributed by atoms with van der Waals surface area (Å²) in [7, 11) is 0. The Morgan fingerprint density at radius 2 is 2.00 bits per heavy atom. The minimum atomic E-state index is 0.245. The van der Waals surface area contributed by atoms with Crippen molar-refractivity contribution in [2.45, 2.75) is 16.4 Å². The van der Waals surface area contributed by atoms with Crippen LogP contribution in [0.5, 0.6) is 11.5 Å². The number of rotatable bonds is 5. The average molecular weight is 365 g/mol. The van der Waals surface area contributed by atoms with E-state index in [2.05, 4.69) is 4.98 Å². The predicted octanol–water partition coefficient (Wildman–Crippen LogP) is 4.81. The summed E-state index contributed by atoms with van der Waals surface area (Å²) in [5, 5.41) is 9.31. The Morgan fingerprint density at radius 3 is 2.65 bits per heavy atom. The van der Waals surface area contributed by atoms with Crippen molar-refractivity contribution in [3.05, 3.63) is 58.0 Å². The van der Waals surface area contributed by atoms with Gasteiger partial charge in [-0.2, -0.15) is 0 Å². The molecule has 7 heteroatoms. The number of thiazole rings is 1. The number of halogens is 1. The molecule has 0 aliphatic heterocycles. The van der Waals surface area contributed by atoms with Crippen LogP contribution in [0.25, 0.3) is 0 Å². The third-order valence-electron chi connectivity index (χ3n) is 2.95. The Labute approximate surface area is 146 Å². The third-order valence-corrected chi connectivity index (χ3v) is 5.14. The number of nitrogens with zero attached hydrogens (tertiary/aromatic N) is 1. The molecule has 0 spiro atoms. The topological polar surface area (TPSA) is 68.4 Å². The second-order valence-electron chi connectivity index (χ2n) is 4.66. The first kappa shape index (κ1) is 16.0. The quantitative estimate of drug-likeness (QED) is 0.635. The largest absolute Gasteiger partial charge is 0.508 e. The molecule has 2 aromatic carbocycles. The van der Waals surface area contributed by atoms with Crippen LogP contribution in [0, 0.1) is 0 Å². The molecule has 4 nitrogen and oxygen atoms in total. The number of ether oxygens (including phenoxy) is 1. The zero-order chi connectivity index (χ0) is 16.2. The summed E-state index contributed by atoms with van der Waals surface area (Å²) in [6.07, 6.45) is 1.70.